The largest absolute Gasteiger partial charge is 0.495 e. The third-order valence-electron chi connectivity index (χ3n) is 4.59. The standard InChI is InChI=1S/C21H23NO5/c1-6-13-11-22-12-15(24-2)7-8-16(22)19(13)20(23)14-9-17(25-3)21(27-5)18(10-14)26-4/h7-12H,6H2,1-5H3. The minimum atomic E-state index is -0.0984. The summed E-state index contributed by atoms with van der Waals surface area (Å²) < 4.78 is 23.3. The van der Waals surface area contributed by atoms with Gasteiger partial charge in [0.1, 0.15) is 5.75 Å². The fourth-order valence-electron chi connectivity index (χ4n) is 3.22. The summed E-state index contributed by atoms with van der Waals surface area (Å²) in [6.07, 6.45) is 4.55. The number of aromatic nitrogens is 1. The van der Waals surface area contributed by atoms with Gasteiger partial charge in [-0.05, 0) is 36.2 Å². The van der Waals surface area contributed by atoms with E-state index in [4.69, 9.17) is 18.9 Å². The number of aryl methyl sites for hydroxylation is 1. The van der Waals surface area contributed by atoms with Gasteiger partial charge in [-0.15, -0.1) is 0 Å². The number of methoxy groups -OCH3 is 4. The van der Waals surface area contributed by atoms with Crippen molar-refractivity contribution in [2.45, 2.75) is 13.3 Å². The van der Waals surface area contributed by atoms with Gasteiger partial charge in [-0.1, -0.05) is 6.92 Å². The molecule has 0 atom stereocenters. The van der Waals surface area contributed by atoms with E-state index in [1.54, 1.807) is 19.2 Å². The highest BCUT2D eigenvalue weighted by atomic mass is 16.5. The zero-order valence-electron chi connectivity index (χ0n) is 16.2. The van der Waals surface area contributed by atoms with Crippen molar-refractivity contribution in [3.8, 4) is 23.0 Å². The number of carbonyl (C=O) groups excluding carboxylic acids is 1. The highest BCUT2D eigenvalue weighted by molar-refractivity contribution is 6.15. The van der Waals surface area contributed by atoms with Crippen molar-refractivity contribution in [3.05, 3.63) is 53.3 Å². The lowest BCUT2D eigenvalue weighted by Crippen LogP contribution is -2.06. The van der Waals surface area contributed by atoms with Crippen molar-refractivity contribution in [2.24, 2.45) is 0 Å². The molecule has 27 heavy (non-hydrogen) atoms. The first-order chi connectivity index (χ1) is 13.1. The van der Waals surface area contributed by atoms with Gasteiger partial charge in [0, 0.05) is 11.8 Å². The Morgan fingerprint density at radius 3 is 2.11 bits per heavy atom. The number of carbonyl (C=O) groups is 1. The number of fused-ring (bicyclic) bond motifs is 1. The third-order valence-corrected chi connectivity index (χ3v) is 4.59. The molecule has 3 aromatic rings. The maximum absolute atomic E-state index is 13.4. The van der Waals surface area contributed by atoms with E-state index >= 15 is 0 Å². The summed E-state index contributed by atoms with van der Waals surface area (Å²) in [5.41, 5.74) is 2.92. The Kier molecular flexibility index (Phi) is 5.26. The second-order valence-electron chi connectivity index (χ2n) is 5.99. The van der Waals surface area contributed by atoms with Gasteiger partial charge in [0.15, 0.2) is 17.3 Å². The molecule has 1 aromatic carbocycles. The van der Waals surface area contributed by atoms with Crippen LogP contribution in [0.5, 0.6) is 23.0 Å². The van der Waals surface area contributed by atoms with Crippen LogP contribution in [0.1, 0.15) is 28.4 Å². The summed E-state index contributed by atoms with van der Waals surface area (Å²) >= 11 is 0. The molecule has 0 aliphatic rings. The summed E-state index contributed by atoms with van der Waals surface area (Å²) in [7, 11) is 6.21. The first-order valence-corrected chi connectivity index (χ1v) is 8.60. The van der Waals surface area contributed by atoms with Gasteiger partial charge in [0.05, 0.1) is 45.7 Å². The van der Waals surface area contributed by atoms with Crippen molar-refractivity contribution in [2.75, 3.05) is 28.4 Å². The van der Waals surface area contributed by atoms with Crippen LogP contribution in [0.3, 0.4) is 0 Å². The molecular weight excluding hydrogens is 346 g/mol. The molecule has 6 heteroatoms. The maximum atomic E-state index is 13.4. The SMILES string of the molecule is CCc1cn2cc(OC)ccc2c1C(=O)c1cc(OC)c(OC)c(OC)c1. The number of ketones is 1. The highest BCUT2D eigenvalue weighted by Crippen LogP contribution is 2.39. The van der Waals surface area contributed by atoms with Crippen LogP contribution >= 0.6 is 0 Å². The Morgan fingerprint density at radius 2 is 1.59 bits per heavy atom. The number of nitrogens with zero attached hydrogens (tertiary/aromatic N) is 1. The summed E-state index contributed by atoms with van der Waals surface area (Å²) in [6.45, 7) is 2.03. The van der Waals surface area contributed by atoms with E-state index < -0.39 is 0 Å². The van der Waals surface area contributed by atoms with Crippen LogP contribution in [0.4, 0.5) is 0 Å². The van der Waals surface area contributed by atoms with Crippen LogP contribution < -0.4 is 18.9 Å². The van der Waals surface area contributed by atoms with E-state index in [2.05, 4.69) is 0 Å². The second-order valence-corrected chi connectivity index (χ2v) is 5.99. The molecule has 0 aliphatic carbocycles. The Labute approximate surface area is 158 Å². The first-order valence-electron chi connectivity index (χ1n) is 8.60. The topological polar surface area (TPSA) is 58.4 Å². The van der Waals surface area contributed by atoms with E-state index in [1.807, 2.05) is 35.9 Å². The van der Waals surface area contributed by atoms with Crippen molar-refractivity contribution in [1.29, 1.82) is 0 Å². The van der Waals surface area contributed by atoms with Gasteiger partial charge in [0.25, 0.3) is 0 Å². The van der Waals surface area contributed by atoms with Crippen molar-refractivity contribution >= 4 is 11.3 Å². The van der Waals surface area contributed by atoms with Gasteiger partial charge in [0.2, 0.25) is 5.75 Å². The lowest BCUT2D eigenvalue weighted by molar-refractivity contribution is 0.103. The van der Waals surface area contributed by atoms with Gasteiger partial charge in [-0.2, -0.15) is 0 Å². The lowest BCUT2D eigenvalue weighted by Gasteiger charge is -2.14. The van der Waals surface area contributed by atoms with Gasteiger partial charge < -0.3 is 23.3 Å². The van der Waals surface area contributed by atoms with Crippen LogP contribution in [-0.4, -0.2) is 38.6 Å². The number of hydrogen-bond donors (Lipinski definition) is 0. The maximum Gasteiger partial charge on any atom is 0.203 e. The van der Waals surface area contributed by atoms with Crippen molar-refractivity contribution in [1.82, 2.24) is 4.40 Å². The molecule has 0 fully saturated rings. The van der Waals surface area contributed by atoms with Crippen LogP contribution in [0, 0.1) is 0 Å². The fourth-order valence-corrected chi connectivity index (χ4v) is 3.22. The predicted molar refractivity (Wildman–Crippen MR) is 103 cm³/mol. The molecule has 0 N–H and O–H groups in total. The normalized spacial score (nSPS) is 10.7. The minimum Gasteiger partial charge on any atom is -0.495 e. The molecule has 0 saturated carbocycles. The van der Waals surface area contributed by atoms with E-state index in [1.165, 1.54) is 21.3 Å². The summed E-state index contributed by atoms with van der Waals surface area (Å²) in [5.74, 6) is 1.98. The quantitative estimate of drug-likeness (QED) is 0.594. The average Bonchev–Trinajstić information content (AvgIpc) is 3.09. The Hall–Kier alpha value is -3.15. The molecule has 0 amide bonds. The molecule has 2 heterocycles. The van der Waals surface area contributed by atoms with Gasteiger partial charge in [-0.3, -0.25) is 4.79 Å². The van der Waals surface area contributed by atoms with Crippen LogP contribution in [0.25, 0.3) is 5.52 Å². The molecule has 0 spiro atoms. The predicted octanol–water partition coefficient (Wildman–Crippen LogP) is 3.77. The van der Waals surface area contributed by atoms with Crippen molar-refractivity contribution in [3.63, 3.8) is 0 Å². The molecule has 6 nitrogen and oxygen atoms in total. The molecule has 0 radical (unpaired) electrons. The number of hydrogen-bond acceptors (Lipinski definition) is 5. The van der Waals surface area contributed by atoms with E-state index in [-0.39, 0.29) is 5.78 Å². The van der Waals surface area contributed by atoms with Gasteiger partial charge >= 0.3 is 0 Å². The molecule has 142 valence electrons. The lowest BCUT2D eigenvalue weighted by atomic mass is 9.98. The smallest absolute Gasteiger partial charge is 0.203 e. The summed E-state index contributed by atoms with van der Waals surface area (Å²) in [4.78, 5) is 13.4. The molecule has 2 aromatic heterocycles. The van der Waals surface area contributed by atoms with E-state index in [0.29, 0.717) is 28.4 Å². The Balaban J connectivity index is 2.18. The summed E-state index contributed by atoms with van der Waals surface area (Å²) in [5, 5.41) is 0. The molecule has 0 bridgehead atoms. The fraction of sp³-hybridized carbons (Fsp3) is 0.286. The van der Waals surface area contributed by atoms with Crippen molar-refractivity contribution < 1.29 is 23.7 Å². The molecular formula is C21H23NO5. The van der Waals surface area contributed by atoms with Crippen LogP contribution in [-0.2, 0) is 6.42 Å². The monoisotopic (exact) mass is 369 g/mol. The number of ether oxygens (including phenoxy) is 4. The Bertz CT molecular complexity index is 965. The number of rotatable bonds is 7. The number of pyridine rings is 1. The van der Waals surface area contributed by atoms with Crippen LogP contribution in [0.2, 0.25) is 0 Å². The first kappa shape index (κ1) is 18.6. The zero-order chi connectivity index (χ0) is 19.6. The van der Waals surface area contributed by atoms with Crippen LogP contribution in [0.15, 0.2) is 36.7 Å². The average molecular weight is 369 g/mol. The van der Waals surface area contributed by atoms with E-state index in [0.717, 1.165) is 23.3 Å². The van der Waals surface area contributed by atoms with Gasteiger partial charge in [-0.25, -0.2) is 0 Å². The molecule has 0 unspecified atom stereocenters. The highest BCUT2D eigenvalue weighted by Gasteiger charge is 2.22. The Morgan fingerprint density at radius 1 is 0.926 bits per heavy atom. The van der Waals surface area contributed by atoms with E-state index in [9.17, 15) is 4.79 Å². The molecule has 3 rings (SSSR count). The second kappa shape index (κ2) is 7.61. The third kappa shape index (κ3) is 3.18. The zero-order valence-corrected chi connectivity index (χ0v) is 16.2. The summed E-state index contributed by atoms with van der Waals surface area (Å²) in [6, 6.07) is 7.09. The minimum absolute atomic E-state index is 0.0984. The number of benzene rings is 1. The molecule has 0 aliphatic heterocycles. The molecule has 0 saturated heterocycles.